The molecule has 0 amide bonds. The van der Waals surface area contributed by atoms with E-state index in [1.807, 2.05) is 37.3 Å². The zero-order valence-corrected chi connectivity index (χ0v) is 27.8. The maximum Gasteiger partial charge on any atom is 0.173 e. The molecule has 1 aliphatic heterocycles. The number of anilines is 2. The summed E-state index contributed by atoms with van der Waals surface area (Å²) in [5.74, 6) is 1.18. The highest BCUT2D eigenvalue weighted by Gasteiger charge is 2.18. The van der Waals surface area contributed by atoms with Crippen LogP contribution in [-0.4, -0.2) is 89.0 Å². The van der Waals surface area contributed by atoms with Crippen molar-refractivity contribution in [1.29, 1.82) is 5.26 Å². The van der Waals surface area contributed by atoms with Crippen molar-refractivity contribution < 1.29 is 14.6 Å². The smallest absolute Gasteiger partial charge is 0.173 e. The number of methoxy groups -OCH3 is 1. The van der Waals surface area contributed by atoms with Gasteiger partial charge in [-0.2, -0.15) is 5.26 Å². The Labute approximate surface area is 273 Å². The van der Waals surface area contributed by atoms with Crippen LogP contribution in [0.4, 0.5) is 11.4 Å². The number of imidazole rings is 1. The molecule has 238 valence electrons. The van der Waals surface area contributed by atoms with Gasteiger partial charge in [-0.1, -0.05) is 23.4 Å². The number of nitriles is 1. The molecule has 2 aromatic heterocycles. The Morgan fingerprint density at radius 3 is 2.51 bits per heavy atom. The van der Waals surface area contributed by atoms with E-state index in [1.165, 1.54) is 11.8 Å². The lowest BCUT2D eigenvalue weighted by Gasteiger charge is -2.34. The quantitative estimate of drug-likeness (QED) is 0.170. The van der Waals surface area contributed by atoms with Crippen molar-refractivity contribution in [2.24, 2.45) is 0 Å². The number of ether oxygens (including phenoxy) is 2. The Morgan fingerprint density at radius 1 is 1.09 bits per heavy atom. The molecule has 2 N–H and O–H groups in total. The third-order valence-corrected chi connectivity index (χ3v) is 9.67. The Bertz CT molecular complexity index is 1680. The number of halogens is 1. The summed E-state index contributed by atoms with van der Waals surface area (Å²) in [5.41, 5.74) is 4.62. The van der Waals surface area contributed by atoms with E-state index >= 15 is 0 Å². The van der Waals surface area contributed by atoms with Gasteiger partial charge in [-0.25, -0.2) is 4.98 Å². The maximum absolute atomic E-state index is 9.92. The monoisotopic (exact) mass is 649 g/mol. The number of pyridine rings is 1. The second kappa shape index (κ2) is 15.2. The van der Waals surface area contributed by atoms with E-state index < -0.39 is 0 Å². The van der Waals surface area contributed by atoms with Gasteiger partial charge in [-0.15, -0.1) is 0 Å². The van der Waals surface area contributed by atoms with Crippen molar-refractivity contribution >= 4 is 45.6 Å². The average Bonchev–Trinajstić information content (AvgIpc) is 3.32. The van der Waals surface area contributed by atoms with Gasteiger partial charge in [0.1, 0.15) is 6.07 Å². The number of hydrogen-bond donors (Lipinski definition) is 2. The molecule has 0 aliphatic carbocycles. The van der Waals surface area contributed by atoms with Gasteiger partial charge >= 0.3 is 0 Å². The molecule has 0 unspecified atom stereocenters. The van der Waals surface area contributed by atoms with Gasteiger partial charge in [0.25, 0.3) is 0 Å². The fraction of sp³-hybridized carbons (Fsp3) is 0.424. The summed E-state index contributed by atoms with van der Waals surface area (Å²) in [6.07, 6.45) is 2.45. The SMILES string of the molecule is CCn1c(Sc2ccc(Nc3c(C#N)cnc4cc(OCCCN5CCN(CCO)CC5)c(OC)cc34)cc2Cl)nc(C)c1C. The number of hydrogen-bond acceptors (Lipinski definition) is 10. The van der Waals surface area contributed by atoms with Gasteiger partial charge < -0.3 is 29.4 Å². The Balaban J connectivity index is 1.30. The minimum absolute atomic E-state index is 0.208. The molecular formula is C33H40ClN7O3S. The van der Waals surface area contributed by atoms with Crippen molar-refractivity contribution in [2.45, 2.75) is 43.8 Å². The summed E-state index contributed by atoms with van der Waals surface area (Å²) in [7, 11) is 1.61. The standard InChI is InChI=1S/C33H40ClN7O3S/c1-5-41-23(3)22(2)37-33(41)45-31-8-7-25(17-27(31)34)38-32-24(20-35)21-36-28-19-30(29(43-4)18-26(28)32)44-16-6-9-39-10-12-40(13-11-39)14-15-42/h7-8,17-19,21,42H,5-6,9-16H2,1-4H3,(H,36,38). The predicted molar refractivity (Wildman–Crippen MR) is 179 cm³/mol. The van der Waals surface area contributed by atoms with Gasteiger partial charge in [0.05, 0.1) is 47.8 Å². The largest absolute Gasteiger partial charge is 0.493 e. The van der Waals surface area contributed by atoms with Crippen LogP contribution in [0.1, 0.15) is 30.3 Å². The summed E-state index contributed by atoms with van der Waals surface area (Å²) in [4.78, 5) is 14.9. The molecule has 0 radical (unpaired) electrons. The first-order valence-electron chi connectivity index (χ1n) is 15.2. The average molecular weight is 650 g/mol. The first kappa shape index (κ1) is 32.9. The van der Waals surface area contributed by atoms with E-state index in [0.717, 1.165) is 84.7 Å². The number of nitrogens with one attached hydrogen (secondary N) is 1. The topological polar surface area (TPSA) is 112 Å². The van der Waals surface area contributed by atoms with Crippen LogP contribution in [0, 0.1) is 25.2 Å². The number of piperazine rings is 1. The molecule has 1 saturated heterocycles. The first-order chi connectivity index (χ1) is 21.8. The minimum Gasteiger partial charge on any atom is -0.493 e. The zero-order valence-electron chi connectivity index (χ0n) is 26.3. The van der Waals surface area contributed by atoms with Crippen LogP contribution >= 0.6 is 23.4 Å². The molecule has 12 heteroatoms. The summed E-state index contributed by atoms with van der Waals surface area (Å²) >= 11 is 8.29. The number of aliphatic hydroxyl groups excluding tert-OH is 1. The van der Waals surface area contributed by atoms with E-state index in [9.17, 15) is 5.26 Å². The molecule has 2 aromatic carbocycles. The summed E-state index contributed by atoms with van der Waals surface area (Å²) in [6, 6.07) is 11.8. The molecule has 1 fully saturated rings. The molecule has 0 bridgehead atoms. The predicted octanol–water partition coefficient (Wildman–Crippen LogP) is 5.88. The number of aryl methyl sites for hydroxylation is 1. The van der Waals surface area contributed by atoms with Crippen molar-refractivity contribution in [2.75, 3.05) is 64.9 Å². The molecule has 5 rings (SSSR count). The molecule has 0 spiro atoms. The van der Waals surface area contributed by atoms with Crippen molar-refractivity contribution in [3.8, 4) is 17.6 Å². The Kier molecular flexibility index (Phi) is 11.1. The number of nitrogens with zero attached hydrogens (tertiary/aromatic N) is 6. The second-order valence-corrected chi connectivity index (χ2v) is 12.4. The highest BCUT2D eigenvalue weighted by Crippen LogP contribution is 2.39. The lowest BCUT2D eigenvalue weighted by molar-refractivity contribution is 0.108. The van der Waals surface area contributed by atoms with Crippen LogP contribution in [0.5, 0.6) is 11.5 Å². The van der Waals surface area contributed by atoms with Crippen LogP contribution in [0.25, 0.3) is 10.9 Å². The van der Waals surface area contributed by atoms with E-state index in [-0.39, 0.29) is 6.61 Å². The summed E-state index contributed by atoms with van der Waals surface area (Å²) in [5, 5.41) is 24.7. The number of fused-ring (bicyclic) bond motifs is 1. The molecule has 3 heterocycles. The zero-order chi connectivity index (χ0) is 31.9. The van der Waals surface area contributed by atoms with Crippen LogP contribution < -0.4 is 14.8 Å². The molecule has 45 heavy (non-hydrogen) atoms. The molecule has 1 aliphatic rings. The highest BCUT2D eigenvalue weighted by atomic mass is 35.5. The number of aliphatic hydroxyl groups is 1. The van der Waals surface area contributed by atoms with Crippen molar-refractivity contribution in [3.63, 3.8) is 0 Å². The fourth-order valence-electron chi connectivity index (χ4n) is 5.52. The van der Waals surface area contributed by atoms with E-state index in [1.54, 1.807) is 13.3 Å². The molecule has 0 atom stereocenters. The minimum atomic E-state index is 0.208. The van der Waals surface area contributed by atoms with Gasteiger partial charge in [0.15, 0.2) is 16.7 Å². The highest BCUT2D eigenvalue weighted by molar-refractivity contribution is 7.99. The number of aromatic nitrogens is 3. The Hall–Kier alpha value is -3.53. The summed E-state index contributed by atoms with van der Waals surface area (Å²) in [6.45, 7) is 13.4. The third-order valence-electron chi connectivity index (χ3n) is 8.17. The third kappa shape index (κ3) is 7.65. The van der Waals surface area contributed by atoms with Crippen LogP contribution in [0.3, 0.4) is 0 Å². The second-order valence-electron chi connectivity index (χ2n) is 11.0. The lowest BCUT2D eigenvalue weighted by atomic mass is 10.1. The normalized spacial score (nSPS) is 14.1. The van der Waals surface area contributed by atoms with Gasteiger partial charge in [-0.3, -0.25) is 9.88 Å². The van der Waals surface area contributed by atoms with Crippen molar-refractivity contribution in [3.05, 3.63) is 58.5 Å². The van der Waals surface area contributed by atoms with Crippen LogP contribution in [0.2, 0.25) is 5.02 Å². The summed E-state index contributed by atoms with van der Waals surface area (Å²) < 4.78 is 14.0. The van der Waals surface area contributed by atoms with Crippen molar-refractivity contribution in [1.82, 2.24) is 24.3 Å². The first-order valence-corrected chi connectivity index (χ1v) is 16.4. The lowest BCUT2D eigenvalue weighted by Crippen LogP contribution is -2.47. The van der Waals surface area contributed by atoms with E-state index in [2.05, 4.69) is 44.6 Å². The number of benzene rings is 2. The number of β-amino-alcohol motifs (C(OH)–C–C–N with tert-alkyl or cyclic N) is 1. The molecule has 10 nitrogen and oxygen atoms in total. The van der Waals surface area contributed by atoms with Crippen LogP contribution in [-0.2, 0) is 6.54 Å². The maximum atomic E-state index is 9.92. The molecule has 4 aromatic rings. The molecule has 0 saturated carbocycles. The van der Waals surface area contributed by atoms with E-state index in [4.69, 9.17) is 31.2 Å². The fourth-order valence-corrected chi connectivity index (χ4v) is 6.86. The van der Waals surface area contributed by atoms with Gasteiger partial charge in [-0.05, 0) is 51.5 Å². The van der Waals surface area contributed by atoms with Gasteiger partial charge in [0.2, 0.25) is 0 Å². The Morgan fingerprint density at radius 2 is 1.84 bits per heavy atom. The van der Waals surface area contributed by atoms with Gasteiger partial charge in [0, 0.05) is 79.7 Å². The molecular weight excluding hydrogens is 610 g/mol. The number of rotatable bonds is 13. The van der Waals surface area contributed by atoms with Crippen LogP contribution in [0.15, 0.2) is 46.6 Å². The van der Waals surface area contributed by atoms with E-state index in [0.29, 0.717) is 39.9 Å².